The SMILES string of the molecule is C[Si](C)(C)c1cc2c(=O)c3ccccc3n(Cc3ccccc3)c2o1. The maximum absolute atomic E-state index is 13.0. The Bertz CT molecular complexity index is 1120. The van der Waals surface area contributed by atoms with Crippen molar-refractivity contribution >= 4 is 35.5 Å². The van der Waals surface area contributed by atoms with Gasteiger partial charge >= 0.3 is 0 Å². The van der Waals surface area contributed by atoms with Crippen molar-refractivity contribution < 1.29 is 4.42 Å². The van der Waals surface area contributed by atoms with Gasteiger partial charge in [-0.15, -0.1) is 0 Å². The van der Waals surface area contributed by atoms with E-state index in [1.54, 1.807) is 0 Å². The molecule has 0 bridgehead atoms. The third-order valence-electron chi connectivity index (χ3n) is 4.56. The van der Waals surface area contributed by atoms with E-state index < -0.39 is 8.07 Å². The van der Waals surface area contributed by atoms with Crippen LogP contribution in [0, 0.1) is 0 Å². The van der Waals surface area contributed by atoms with Crippen molar-refractivity contribution in [3.8, 4) is 0 Å². The lowest BCUT2D eigenvalue weighted by molar-refractivity contribution is 0.604. The molecular weight excluding hydrogens is 326 g/mol. The van der Waals surface area contributed by atoms with Gasteiger partial charge in [-0.25, -0.2) is 0 Å². The Morgan fingerprint density at radius 2 is 1.60 bits per heavy atom. The second kappa shape index (κ2) is 5.74. The zero-order valence-corrected chi connectivity index (χ0v) is 15.7. The van der Waals surface area contributed by atoms with Crippen LogP contribution in [0.3, 0.4) is 0 Å². The zero-order valence-electron chi connectivity index (χ0n) is 14.7. The predicted molar refractivity (Wildman–Crippen MR) is 107 cm³/mol. The van der Waals surface area contributed by atoms with E-state index in [1.165, 1.54) is 5.56 Å². The van der Waals surface area contributed by atoms with Gasteiger partial charge in [0.15, 0.2) is 0 Å². The number of hydrogen-bond acceptors (Lipinski definition) is 2. The number of pyridine rings is 1. The highest BCUT2D eigenvalue weighted by Gasteiger charge is 2.24. The van der Waals surface area contributed by atoms with E-state index >= 15 is 0 Å². The third kappa shape index (κ3) is 2.72. The van der Waals surface area contributed by atoms with Gasteiger partial charge in [0.1, 0.15) is 8.07 Å². The number of furan rings is 1. The van der Waals surface area contributed by atoms with Crippen LogP contribution >= 0.6 is 0 Å². The maximum atomic E-state index is 13.0. The number of para-hydroxylation sites is 1. The van der Waals surface area contributed by atoms with Gasteiger partial charge in [0.25, 0.3) is 0 Å². The van der Waals surface area contributed by atoms with Crippen LogP contribution in [0.2, 0.25) is 19.6 Å². The molecule has 2 heterocycles. The van der Waals surface area contributed by atoms with E-state index in [4.69, 9.17) is 4.42 Å². The van der Waals surface area contributed by atoms with E-state index in [0.29, 0.717) is 17.6 Å². The quantitative estimate of drug-likeness (QED) is 0.517. The van der Waals surface area contributed by atoms with Crippen molar-refractivity contribution in [2.75, 3.05) is 0 Å². The first-order valence-electron chi connectivity index (χ1n) is 8.54. The molecule has 4 rings (SSSR count). The fourth-order valence-corrected chi connectivity index (χ4v) is 4.17. The highest BCUT2D eigenvalue weighted by Crippen LogP contribution is 2.22. The molecule has 0 fully saturated rings. The van der Waals surface area contributed by atoms with E-state index in [0.717, 1.165) is 16.3 Å². The van der Waals surface area contributed by atoms with Crippen molar-refractivity contribution in [1.29, 1.82) is 0 Å². The van der Waals surface area contributed by atoms with Crippen molar-refractivity contribution in [2.24, 2.45) is 0 Å². The maximum Gasteiger partial charge on any atom is 0.211 e. The molecule has 4 aromatic rings. The highest BCUT2D eigenvalue weighted by atomic mass is 28.3. The molecule has 0 saturated carbocycles. The van der Waals surface area contributed by atoms with Gasteiger partial charge in [0.2, 0.25) is 11.1 Å². The molecule has 0 spiro atoms. The average molecular weight is 347 g/mol. The smallest absolute Gasteiger partial charge is 0.211 e. The molecule has 0 radical (unpaired) electrons. The van der Waals surface area contributed by atoms with Gasteiger partial charge in [0.05, 0.1) is 22.8 Å². The van der Waals surface area contributed by atoms with Crippen molar-refractivity contribution in [3.05, 3.63) is 76.5 Å². The number of hydrogen-bond donors (Lipinski definition) is 0. The van der Waals surface area contributed by atoms with Crippen LogP contribution in [0.25, 0.3) is 22.0 Å². The molecule has 3 nitrogen and oxygen atoms in total. The Morgan fingerprint density at radius 1 is 0.920 bits per heavy atom. The van der Waals surface area contributed by atoms with Crippen molar-refractivity contribution in [3.63, 3.8) is 0 Å². The Hall–Kier alpha value is -2.59. The van der Waals surface area contributed by atoms with Crippen molar-refractivity contribution in [1.82, 2.24) is 4.57 Å². The fraction of sp³-hybridized carbons (Fsp3) is 0.190. The summed E-state index contributed by atoms with van der Waals surface area (Å²) in [5.74, 6) is 0. The minimum Gasteiger partial charge on any atom is -0.450 e. The number of nitrogens with zero attached hydrogens (tertiary/aromatic N) is 1. The normalized spacial score (nSPS) is 12.1. The first-order chi connectivity index (χ1) is 11.9. The Labute approximate surface area is 147 Å². The van der Waals surface area contributed by atoms with E-state index in [2.05, 4.69) is 36.3 Å². The van der Waals surface area contributed by atoms with Gasteiger partial charge in [-0.1, -0.05) is 62.1 Å². The molecule has 2 aromatic heterocycles. The summed E-state index contributed by atoms with van der Waals surface area (Å²) in [4.78, 5) is 13.0. The van der Waals surface area contributed by atoms with Crippen LogP contribution in [-0.4, -0.2) is 12.6 Å². The standard InChI is InChI=1S/C21H21NO2Si/c1-25(2,3)19-13-17-20(23)16-11-7-8-12-18(16)22(21(17)24-19)14-15-9-5-4-6-10-15/h4-13H,14H2,1-3H3. The molecule has 0 N–H and O–H groups in total. The van der Waals surface area contributed by atoms with E-state index in [9.17, 15) is 4.79 Å². The second-order valence-electron chi connectivity index (χ2n) is 7.50. The highest BCUT2D eigenvalue weighted by molar-refractivity contribution is 6.87. The van der Waals surface area contributed by atoms with Gasteiger partial charge in [-0.05, 0) is 23.8 Å². The van der Waals surface area contributed by atoms with Gasteiger partial charge in [0, 0.05) is 5.39 Å². The summed E-state index contributed by atoms with van der Waals surface area (Å²) >= 11 is 0. The number of benzene rings is 2. The molecule has 0 aliphatic carbocycles. The molecule has 126 valence electrons. The number of aromatic nitrogens is 1. The zero-order chi connectivity index (χ0) is 17.6. The molecule has 2 aromatic carbocycles. The average Bonchev–Trinajstić information content (AvgIpc) is 3.05. The molecule has 25 heavy (non-hydrogen) atoms. The monoisotopic (exact) mass is 347 g/mol. The van der Waals surface area contributed by atoms with Crippen LogP contribution in [-0.2, 0) is 6.54 Å². The van der Waals surface area contributed by atoms with Crippen molar-refractivity contribution in [2.45, 2.75) is 26.2 Å². The summed E-state index contributed by atoms with van der Waals surface area (Å²) in [5, 5.41) is 2.40. The molecule has 0 aliphatic heterocycles. The van der Waals surface area contributed by atoms with Crippen LogP contribution in [0.5, 0.6) is 0 Å². The topological polar surface area (TPSA) is 35.1 Å². The van der Waals surface area contributed by atoms with Gasteiger partial charge in [-0.3, -0.25) is 4.79 Å². The van der Waals surface area contributed by atoms with Crippen LogP contribution < -0.4 is 10.8 Å². The molecule has 0 unspecified atom stereocenters. The van der Waals surface area contributed by atoms with Gasteiger partial charge < -0.3 is 8.98 Å². The van der Waals surface area contributed by atoms with Crippen LogP contribution in [0.15, 0.2) is 69.9 Å². The molecule has 4 heteroatoms. The van der Waals surface area contributed by atoms with Gasteiger partial charge in [-0.2, -0.15) is 0 Å². The first-order valence-corrected chi connectivity index (χ1v) is 12.0. The molecule has 0 atom stereocenters. The Kier molecular flexibility index (Phi) is 3.65. The molecule has 0 aliphatic rings. The molecule has 0 saturated heterocycles. The fourth-order valence-electron chi connectivity index (χ4n) is 3.19. The summed E-state index contributed by atoms with van der Waals surface area (Å²) in [6.45, 7) is 7.38. The lowest BCUT2D eigenvalue weighted by atomic mass is 10.1. The van der Waals surface area contributed by atoms with E-state index in [-0.39, 0.29) is 5.43 Å². The lowest BCUT2D eigenvalue weighted by Crippen LogP contribution is -2.36. The van der Waals surface area contributed by atoms with Crippen LogP contribution in [0.1, 0.15) is 5.56 Å². The minimum absolute atomic E-state index is 0.0585. The summed E-state index contributed by atoms with van der Waals surface area (Å²) in [6.07, 6.45) is 0. The first kappa shape index (κ1) is 15.9. The second-order valence-corrected chi connectivity index (χ2v) is 12.5. The summed E-state index contributed by atoms with van der Waals surface area (Å²) < 4.78 is 8.38. The summed E-state index contributed by atoms with van der Waals surface area (Å²) in [6, 6.07) is 20.0. The Balaban J connectivity index is 2.07. The number of fused-ring (bicyclic) bond motifs is 2. The Morgan fingerprint density at radius 3 is 2.32 bits per heavy atom. The number of rotatable bonds is 3. The summed E-state index contributed by atoms with van der Waals surface area (Å²) in [7, 11) is -1.65. The minimum atomic E-state index is -1.65. The molecular formula is C21H21NO2Si. The van der Waals surface area contributed by atoms with Crippen LogP contribution in [0.4, 0.5) is 0 Å². The molecule has 0 amide bonds. The largest absolute Gasteiger partial charge is 0.450 e. The lowest BCUT2D eigenvalue weighted by Gasteiger charge is -2.13. The third-order valence-corrected chi connectivity index (χ3v) is 6.29. The predicted octanol–water partition coefficient (Wildman–Crippen LogP) is 4.34. The summed E-state index contributed by atoms with van der Waals surface area (Å²) in [5.41, 5.74) is 2.84. The van der Waals surface area contributed by atoms with E-state index in [1.807, 2.05) is 48.5 Å².